The normalized spacial score (nSPS) is 11.6. The third-order valence-electron chi connectivity index (χ3n) is 4.97. The molecule has 0 unspecified atom stereocenters. The van der Waals surface area contributed by atoms with Crippen LogP contribution in [0.3, 0.4) is 0 Å². The van der Waals surface area contributed by atoms with Crippen LogP contribution < -0.4 is 16.0 Å². The largest absolute Gasteiger partial charge is 0.467 e. The Balaban J connectivity index is 1.83. The lowest BCUT2D eigenvalue weighted by molar-refractivity contribution is -0.142. The Morgan fingerprint density at radius 2 is 1.17 bits per heavy atom. The van der Waals surface area contributed by atoms with Gasteiger partial charge in [0, 0.05) is 35.0 Å². The predicted octanol–water partition coefficient (Wildman–Crippen LogP) is 3.05. The third kappa shape index (κ3) is 7.40. The van der Waals surface area contributed by atoms with Crippen LogP contribution >= 0.6 is 0 Å². The number of benzene rings is 3. The fourth-order valence-electron chi connectivity index (χ4n) is 3.17. The topological polar surface area (TPSA) is 114 Å². The van der Waals surface area contributed by atoms with Crippen molar-refractivity contribution in [1.82, 2.24) is 16.0 Å². The Labute approximate surface area is 203 Å². The van der Waals surface area contributed by atoms with E-state index in [1.807, 2.05) is 0 Å². The Morgan fingerprint density at radius 3 is 1.66 bits per heavy atom. The number of esters is 1. The van der Waals surface area contributed by atoms with Crippen LogP contribution in [0, 0.1) is 0 Å². The molecule has 0 saturated carbocycles. The van der Waals surface area contributed by atoms with Gasteiger partial charge in [0.2, 0.25) is 0 Å². The van der Waals surface area contributed by atoms with Gasteiger partial charge in [-0.3, -0.25) is 14.4 Å². The number of carbonyl (C=O) groups excluding carboxylic acids is 4. The fraction of sp³-hybridized carbons (Fsp3) is 0.111. The minimum Gasteiger partial charge on any atom is -0.467 e. The monoisotopic (exact) mass is 471 g/mol. The van der Waals surface area contributed by atoms with Gasteiger partial charge < -0.3 is 20.7 Å². The lowest BCUT2D eigenvalue weighted by Crippen LogP contribution is -2.43. The Morgan fingerprint density at radius 1 is 0.714 bits per heavy atom. The number of carbonyl (C=O) groups is 4. The zero-order valence-corrected chi connectivity index (χ0v) is 19.1. The molecule has 35 heavy (non-hydrogen) atoms. The summed E-state index contributed by atoms with van der Waals surface area (Å²) in [6.45, 7) is 0. The van der Waals surface area contributed by atoms with E-state index in [9.17, 15) is 19.2 Å². The highest BCUT2D eigenvalue weighted by Gasteiger charge is 2.24. The van der Waals surface area contributed by atoms with Crippen LogP contribution in [0.5, 0.6) is 0 Å². The molecule has 0 radical (unpaired) electrons. The fourth-order valence-corrected chi connectivity index (χ4v) is 3.17. The van der Waals surface area contributed by atoms with Gasteiger partial charge in [-0.15, -0.1) is 0 Å². The lowest BCUT2D eigenvalue weighted by atomic mass is 10.1. The number of methoxy groups -OCH3 is 1. The van der Waals surface area contributed by atoms with Gasteiger partial charge >= 0.3 is 5.97 Å². The van der Waals surface area contributed by atoms with Gasteiger partial charge in [0.25, 0.3) is 17.7 Å². The minimum atomic E-state index is -1.12. The van der Waals surface area contributed by atoms with Gasteiger partial charge in [-0.25, -0.2) is 4.79 Å². The van der Waals surface area contributed by atoms with E-state index >= 15 is 0 Å². The van der Waals surface area contributed by atoms with Crippen molar-refractivity contribution in [3.8, 4) is 0 Å². The van der Waals surface area contributed by atoms with Crippen molar-refractivity contribution in [3.63, 3.8) is 0 Å². The maximum atomic E-state index is 12.8. The summed E-state index contributed by atoms with van der Waals surface area (Å²) in [5.41, 5.74) is 1.36. The summed E-state index contributed by atoms with van der Waals surface area (Å²) < 4.78 is 4.85. The van der Waals surface area contributed by atoms with Crippen molar-refractivity contribution in [3.05, 3.63) is 120 Å². The molecule has 3 amide bonds. The van der Waals surface area contributed by atoms with Crippen LogP contribution in [0.25, 0.3) is 0 Å². The second-order valence-electron chi connectivity index (χ2n) is 7.45. The molecular weight excluding hydrogens is 446 g/mol. The van der Waals surface area contributed by atoms with Crippen LogP contribution in [0.1, 0.15) is 37.5 Å². The number of rotatable bonds is 9. The number of hydrogen-bond acceptors (Lipinski definition) is 5. The predicted molar refractivity (Wildman–Crippen MR) is 130 cm³/mol. The second kappa shape index (κ2) is 12.5. The summed E-state index contributed by atoms with van der Waals surface area (Å²) in [4.78, 5) is 50.4. The van der Waals surface area contributed by atoms with Crippen molar-refractivity contribution >= 4 is 23.7 Å². The SMILES string of the molecule is COC(=O)[C@@H](C/C(=C/NC(=O)c1ccccc1)NC(=O)c1ccccc1)NC(=O)c1ccccc1. The quantitative estimate of drug-likeness (QED) is 0.415. The molecule has 0 bridgehead atoms. The number of nitrogens with one attached hydrogen (secondary N) is 3. The molecule has 0 aliphatic heterocycles. The maximum Gasteiger partial charge on any atom is 0.328 e. The van der Waals surface area contributed by atoms with Crippen LogP contribution in [0.2, 0.25) is 0 Å². The van der Waals surface area contributed by atoms with E-state index in [1.54, 1.807) is 91.0 Å². The van der Waals surface area contributed by atoms with Crippen molar-refractivity contribution < 1.29 is 23.9 Å². The van der Waals surface area contributed by atoms with Gasteiger partial charge in [-0.1, -0.05) is 54.6 Å². The van der Waals surface area contributed by atoms with Gasteiger partial charge in [0.1, 0.15) is 6.04 Å². The van der Waals surface area contributed by atoms with E-state index in [0.717, 1.165) is 0 Å². The molecule has 3 N–H and O–H groups in total. The highest BCUT2D eigenvalue weighted by atomic mass is 16.5. The highest BCUT2D eigenvalue weighted by Crippen LogP contribution is 2.09. The molecule has 0 aliphatic rings. The molecule has 8 nitrogen and oxygen atoms in total. The van der Waals surface area contributed by atoms with Gasteiger partial charge in [-0.2, -0.15) is 0 Å². The van der Waals surface area contributed by atoms with Gasteiger partial charge in [-0.05, 0) is 36.4 Å². The number of ether oxygens (including phenoxy) is 1. The molecule has 0 aliphatic carbocycles. The zero-order chi connectivity index (χ0) is 25.0. The molecule has 0 aromatic heterocycles. The average molecular weight is 472 g/mol. The molecule has 0 saturated heterocycles. The first-order valence-electron chi connectivity index (χ1n) is 10.8. The number of hydrogen-bond donors (Lipinski definition) is 3. The molecule has 3 aromatic rings. The maximum absolute atomic E-state index is 12.8. The molecule has 8 heteroatoms. The van der Waals surface area contributed by atoms with Crippen molar-refractivity contribution in [2.45, 2.75) is 12.5 Å². The van der Waals surface area contributed by atoms with E-state index < -0.39 is 29.7 Å². The first-order chi connectivity index (χ1) is 17.0. The van der Waals surface area contributed by atoms with E-state index in [-0.39, 0.29) is 12.1 Å². The average Bonchev–Trinajstić information content (AvgIpc) is 2.91. The first-order valence-corrected chi connectivity index (χ1v) is 10.8. The number of amides is 3. The molecule has 178 valence electrons. The van der Waals surface area contributed by atoms with E-state index in [0.29, 0.717) is 16.7 Å². The molecule has 3 rings (SSSR count). The van der Waals surface area contributed by atoms with Gasteiger partial charge in [0.05, 0.1) is 7.11 Å². The molecular formula is C27H25N3O5. The smallest absolute Gasteiger partial charge is 0.328 e. The third-order valence-corrected chi connectivity index (χ3v) is 4.97. The summed E-state index contributed by atoms with van der Waals surface area (Å²) in [7, 11) is 1.20. The van der Waals surface area contributed by atoms with Crippen molar-refractivity contribution in [2.75, 3.05) is 7.11 Å². The van der Waals surface area contributed by atoms with Crippen LogP contribution in [0.15, 0.2) is 103 Å². The van der Waals surface area contributed by atoms with Crippen LogP contribution in [-0.4, -0.2) is 36.8 Å². The summed E-state index contributed by atoms with van der Waals surface area (Å²) in [6, 6.07) is 24.3. The summed E-state index contributed by atoms with van der Waals surface area (Å²) in [6.07, 6.45) is 1.17. The van der Waals surface area contributed by atoms with Crippen LogP contribution in [-0.2, 0) is 9.53 Å². The standard InChI is InChI=1S/C27H25N3O5/c1-35-27(34)23(30-26(33)21-15-9-4-10-16-21)17-22(29-25(32)20-13-7-3-8-14-20)18-28-24(31)19-11-5-2-6-12-19/h2-16,18,23H,17H2,1H3,(H,28,31)(H,29,32)(H,30,33)/b22-18-/t23-/m1/s1. The minimum absolute atomic E-state index is 0.140. The lowest BCUT2D eigenvalue weighted by Gasteiger charge is -2.19. The molecule has 0 fully saturated rings. The van der Waals surface area contributed by atoms with Crippen LogP contribution in [0.4, 0.5) is 0 Å². The Kier molecular flexibility index (Phi) is 8.90. The molecule has 1 atom stereocenters. The summed E-state index contributed by atoms with van der Waals surface area (Å²) >= 11 is 0. The molecule has 3 aromatic carbocycles. The van der Waals surface area contributed by atoms with Crippen molar-refractivity contribution in [2.24, 2.45) is 0 Å². The Bertz CT molecular complexity index is 1200. The Hall–Kier alpha value is -4.72. The molecule has 0 spiro atoms. The highest BCUT2D eigenvalue weighted by molar-refractivity contribution is 5.98. The second-order valence-corrected chi connectivity index (χ2v) is 7.45. The summed E-state index contributed by atoms with van der Waals surface area (Å²) in [5.74, 6) is -2.03. The van der Waals surface area contributed by atoms with Crippen molar-refractivity contribution in [1.29, 1.82) is 0 Å². The van der Waals surface area contributed by atoms with E-state index in [1.165, 1.54) is 13.3 Å². The van der Waals surface area contributed by atoms with Gasteiger partial charge in [0.15, 0.2) is 0 Å². The van der Waals surface area contributed by atoms with E-state index in [2.05, 4.69) is 16.0 Å². The van der Waals surface area contributed by atoms with E-state index in [4.69, 9.17) is 4.74 Å². The molecule has 0 heterocycles. The summed E-state index contributed by atoms with van der Waals surface area (Å²) in [5, 5.41) is 7.96. The first kappa shape index (κ1) is 24.9. The zero-order valence-electron chi connectivity index (χ0n) is 19.1.